The van der Waals surface area contributed by atoms with Gasteiger partial charge in [0.15, 0.2) is 0 Å². The highest BCUT2D eigenvalue weighted by molar-refractivity contribution is 5.90. The monoisotopic (exact) mass is 387 g/mol. The summed E-state index contributed by atoms with van der Waals surface area (Å²) in [5.74, 6) is -1.11. The van der Waals surface area contributed by atoms with E-state index in [0.29, 0.717) is 12.8 Å². The molecule has 11 nitrogen and oxygen atoms in total. The number of fused-ring (bicyclic) bond motifs is 1. The van der Waals surface area contributed by atoms with Crippen molar-refractivity contribution in [3.8, 4) is 0 Å². The van der Waals surface area contributed by atoms with Crippen molar-refractivity contribution >= 4 is 18.0 Å². The molecule has 2 rings (SSSR count). The third-order valence-electron chi connectivity index (χ3n) is 4.54. The van der Waals surface area contributed by atoms with Crippen molar-refractivity contribution in [3.63, 3.8) is 0 Å². The number of nitrogens with one attached hydrogen (secondary N) is 1. The van der Waals surface area contributed by atoms with Gasteiger partial charge in [-0.15, -0.1) is 10.1 Å². The van der Waals surface area contributed by atoms with E-state index in [1.807, 2.05) is 0 Å². The standard InChI is InChI=1S/C16H25N3O8/c1-16(2,3)26-15(22)17-9-5-8-12(27-19(23)24)10-6-7-11(14(21)25-4)18(10)13(9)20/h9-12H,5-8H2,1-4H3,(H,17,22)/t9-,10-,11-,12+/m0/s1. The molecule has 0 unspecified atom stereocenters. The van der Waals surface area contributed by atoms with Crippen LogP contribution in [-0.2, 0) is 23.9 Å². The Morgan fingerprint density at radius 2 is 1.89 bits per heavy atom. The van der Waals surface area contributed by atoms with Gasteiger partial charge < -0.3 is 24.5 Å². The van der Waals surface area contributed by atoms with E-state index in [4.69, 9.17) is 14.3 Å². The first-order valence-corrected chi connectivity index (χ1v) is 8.74. The third-order valence-corrected chi connectivity index (χ3v) is 4.54. The number of rotatable bonds is 4. The fourth-order valence-corrected chi connectivity index (χ4v) is 3.53. The number of esters is 1. The topological polar surface area (TPSA) is 137 Å². The summed E-state index contributed by atoms with van der Waals surface area (Å²) < 4.78 is 9.93. The second-order valence-electron chi connectivity index (χ2n) is 7.57. The van der Waals surface area contributed by atoms with E-state index in [1.54, 1.807) is 20.8 Å². The summed E-state index contributed by atoms with van der Waals surface area (Å²) in [7, 11) is 1.21. The van der Waals surface area contributed by atoms with E-state index in [1.165, 1.54) is 12.0 Å². The molecule has 4 atom stereocenters. The number of hydrogen-bond donors (Lipinski definition) is 1. The average Bonchev–Trinajstić information content (AvgIpc) is 2.94. The van der Waals surface area contributed by atoms with E-state index >= 15 is 0 Å². The number of amides is 2. The Morgan fingerprint density at radius 1 is 1.22 bits per heavy atom. The van der Waals surface area contributed by atoms with Crippen LogP contribution in [0.3, 0.4) is 0 Å². The van der Waals surface area contributed by atoms with Crippen LogP contribution in [0.5, 0.6) is 0 Å². The molecule has 0 aromatic heterocycles. The lowest BCUT2D eigenvalue weighted by molar-refractivity contribution is -0.770. The van der Waals surface area contributed by atoms with Crippen LogP contribution >= 0.6 is 0 Å². The number of ether oxygens (including phenoxy) is 2. The zero-order valence-corrected chi connectivity index (χ0v) is 15.8. The molecule has 0 radical (unpaired) electrons. The SMILES string of the molecule is COC(=O)[C@@H]1CC[C@H]2[C@H](O[N+](=O)[O-])CC[C@H](NC(=O)OC(C)(C)C)C(=O)N12. The van der Waals surface area contributed by atoms with E-state index < -0.39 is 52.9 Å². The molecule has 0 aliphatic carbocycles. The number of nitrogens with zero attached hydrogens (tertiary/aromatic N) is 2. The van der Waals surface area contributed by atoms with Crippen molar-refractivity contribution in [2.45, 2.75) is 76.3 Å². The number of hydrogen-bond acceptors (Lipinski definition) is 8. The lowest BCUT2D eigenvalue weighted by Crippen LogP contribution is -2.54. The largest absolute Gasteiger partial charge is 0.467 e. The highest BCUT2D eigenvalue weighted by atomic mass is 17.0. The fraction of sp³-hybridized carbons (Fsp3) is 0.812. The van der Waals surface area contributed by atoms with E-state index in [9.17, 15) is 24.5 Å². The number of alkyl carbamates (subject to hydrolysis) is 1. The van der Waals surface area contributed by atoms with Gasteiger partial charge in [-0.25, -0.2) is 9.59 Å². The second kappa shape index (κ2) is 7.97. The van der Waals surface area contributed by atoms with Crippen LogP contribution < -0.4 is 5.32 Å². The summed E-state index contributed by atoms with van der Waals surface area (Å²) in [6, 6.07) is -2.49. The van der Waals surface area contributed by atoms with Crippen molar-refractivity contribution in [1.29, 1.82) is 0 Å². The molecule has 2 aliphatic heterocycles. The summed E-state index contributed by atoms with van der Waals surface area (Å²) in [6.07, 6.45) is -0.702. The van der Waals surface area contributed by atoms with Gasteiger partial charge in [0.2, 0.25) is 5.91 Å². The van der Waals surface area contributed by atoms with Gasteiger partial charge in [-0.05, 0) is 46.5 Å². The minimum atomic E-state index is -0.979. The van der Waals surface area contributed by atoms with Crippen LogP contribution in [-0.4, -0.2) is 64.9 Å². The Morgan fingerprint density at radius 3 is 2.44 bits per heavy atom. The van der Waals surface area contributed by atoms with Crippen LogP contribution in [0.1, 0.15) is 46.5 Å². The summed E-state index contributed by atoms with van der Waals surface area (Å²) in [4.78, 5) is 54.0. The molecular formula is C16H25N3O8. The van der Waals surface area contributed by atoms with Crippen LogP contribution in [0.25, 0.3) is 0 Å². The highest BCUT2D eigenvalue weighted by Crippen LogP contribution is 2.34. The van der Waals surface area contributed by atoms with Gasteiger partial charge in [0, 0.05) is 0 Å². The van der Waals surface area contributed by atoms with E-state index in [-0.39, 0.29) is 12.8 Å². The zero-order chi connectivity index (χ0) is 20.4. The van der Waals surface area contributed by atoms with Gasteiger partial charge in [0.25, 0.3) is 5.09 Å². The van der Waals surface area contributed by atoms with Crippen LogP contribution in [0.4, 0.5) is 4.79 Å². The third kappa shape index (κ3) is 4.98. The van der Waals surface area contributed by atoms with Gasteiger partial charge in [-0.3, -0.25) is 4.79 Å². The van der Waals surface area contributed by atoms with Crippen LogP contribution in [0.15, 0.2) is 0 Å². The molecular weight excluding hydrogens is 362 g/mol. The molecule has 0 aromatic carbocycles. The predicted molar refractivity (Wildman–Crippen MR) is 89.9 cm³/mol. The maximum absolute atomic E-state index is 13.0. The average molecular weight is 387 g/mol. The molecule has 152 valence electrons. The number of methoxy groups -OCH3 is 1. The smallest absolute Gasteiger partial charge is 0.408 e. The van der Waals surface area contributed by atoms with Crippen molar-refractivity contribution in [2.24, 2.45) is 0 Å². The van der Waals surface area contributed by atoms with Crippen LogP contribution in [0, 0.1) is 10.1 Å². The second-order valence-corrected chi connectivity index (χ2v) is 7.57. The Bertz CT molecular complexity index is 617. The van der Waals surface area contributed by atoms with E-state index in [2.05, 4.69) is 5.32 Å². The first kappa shape index (κ1) is 20.7. The van der Waals surface area contributed by atoms with Crippen LogP contribution in [0.2, 0.25) is 0 Å². The summed E-state index contributed by atoms with van der Waals surface area (Å²) in [6.45, 7) is 5.06. The number of carbonyl (C=O) groups is 3. The summed E-state index contributed by atoms with van der Waals surface area (Å²) >= 11 is 0. The molecule has 2 aliphatic rings. The summed E-state index contributed by atoms with van der Waals surface area (Å²) in [5.41, 5.74) is -0.750. The first-order chi connectivity index (χ1) is 12.5. The molecule has 0 aromatic rings. The van der Waals surface area contributed by atoms with E-state index in [0.717, 1.165) is 0 Å². The normalized spacial score (nSPS) is 28.0. The fourth-order valence-electron chi connectivity index (χ4n) is 3.53. The minimum absolute atomic E-state index is 0.122. The van der Waals surface area contributed by atoms with Crippen molar-refractivity contribution in [2.75, 3.05) is 7.11 Å². The molecule has 0 saturated carbocycles. The van der Waals surface area contributed by atoms with Gasteiger partial charge in [-0.1, -0.05) is 0 Å². The van der Waals surface area contributed by atoms with Gasteiger partial charge in [0.05, 0.1) is 13.2 Å². The Balaban J connectivity index is 2.24. The maximum atomic E-state index is 13.0. The molecule has 0 spiro atoms. The quantitative estimate of drug-likeness (QED) is 0.424. The molecule has 1 N–H and O–H groups in total. The lowest BCUT2D eigenvalue weighted by atomic mass is 10.0. The van der Waals surface area contributed by atoms with Crippen molar-refractivity contribution < 1.29 is 33.8 Å². The molecule has 27 heavy (non-hydrogen) atoms. The summed E-state index contributed by atoms with van der Waals surface area (Å²) in [5, 5.41) is 12.4. The Hall–Kier alpha value is -2.59. The van der Waals surface area contributed by atoms with Gasteiger partial charge in [-0.2, -0.15) is 0 Å². The van der Waals surface area contributed by atoms with Gasteiger partial charge in [0.1, 0.15) is 23.8 Å². The molecule has 2 heterocycles. The lowest BCUT2D eigenvalue weighted by Gasteiger charge is -2.32. The molecule has 0 bridgehead atoms. The van der Waals surface area contributed by atoms with Crippen molar-refractivity contribution in [3.05, 3.63) is 10.1 Å². The Kier molecular flexibility index (Phi) is 6.11. The molecule has 2 saturated heterocycles. The predicted octanol–water partition coefficient (Wildman–Crippen LogP) is 0.783. The van der Waals surface area contributed by atoms with Crippen molar-refractivity contribution in [1.82, 2.24) is 10.2 Å². The van der Waals surface area contributed by atoms with Gasteiger partial charge >= 0.3 is 12.1 Å². The Labute approximate surface area is 156 Å². The maximum Gasteiger partial charge on any atom is 0.408 e. The number of carbonyl (C=O) groups excluding carboxylic acids is 3. The first-order valence-electron chi connectivity index (χ1n) is 8.74. The minimum Gasteiger partial charge on any atom is -0.467 e. The molecule has 11 heteroatoms. The molecule has 2 amide bonds. The molecule has 2 fully saturated rings. The highest BCUT2D eigenvalue weighted by Gasteiger charge is 2.50. The zero-order valence-electron chi connectivity index (χ0n) is 15.8.